The second-order valence-electron chi connectivity index (χ2n) is 3.13. The van der Waals surface area contributed by atoms with E-state index in [0.29, 0.717) is 27.3 Å². The number of hydrogen-bond donors (Lipinski definition) is 2. The monoisotopic (exact) mass is 280 g/mol. The number of halogens is 3. The van der Waals surface area contributed by atoms with Crippen LogP contribution in [0.2, 0.25) is 15.1 Å². The lowest BCUT2D eigenvalue weighted by atomic mass is 10.3. The number of nitrogens with one attached hydrogen (secondary N) is 2. The van der Waals surface area contributed by atoms with Crippen LogP contribution in [-0.4, -0.2) is 12.6 Å². The van der Waals surface area contributed by atoms with Crippen LogP contribution in [0.5, 0.6) is 0 Å². The number of carbonyl (C=O) groups is 1. The van der Waals surface area contributed by atoms with Crippen molar-refractivity contribution >= 4 is 46.5 Å². The SMILES string of the molecule is CCCNC(=O)Nc1c(Cl)cc(Cl)cc1Cl. The predicted octanol–water partition coefficient (Wildman–Crippen LogP) is 4.18. The Morgan fingerprint density at radius 1 is 1.25 bits per heavy atom. The molecule has 0 atom stereocenters. The molecular weight excluding hydrogens is 270 g/mol. The van der Waals surface area contributed by atoms with E-state index in [9.17, 15) is 4.79 Å². The quantitative estimate of drug-likeness (QED) is 0.857. The van der Waals surface area contributed by atoms with Gasteiger partial charge in [0.25, 0.3) is 0 Å². The second-order valence-corrected chi connectivity index (χ2v) is 4.38. The minimum absolute atomic E-state index is 0.309. The van der Waals surface area contributed by atoms with E-state index in [2.05, 4.69) is 10.6 Å². The zero-order chi connectivity index (χ0) is 12.1. The molecule has 0 aliphatic heterocycles. The van der Waals surface area contributed by atoms with E-state index in [1.54, 1.807) is 0 Å². The molecule has 16 heavy (non-hydrogen) atoms. The van der Waals surface area contributed by atoms with Crippen LogP contribution in [0.25, 0.3) is 0 Å². The summed E-state index contributed by atoms with van der Waals surface area (Å²) in [6.07, 6.45) is 0.857. The summed E-state index contributed by atoms with van der Waals surface area (Å²) in [5.74, 6) is 0. The molecule has 1 aromatic rings. The molecule has 2 amide bonds. The van der Waals surface area contributed by atoms with Gasteiger partial charge in [-0.15, -0.1) is 0 Å². The van der Waals surface area contributed by atoms with Crippen molar-refractivity contribution in [3.8, 4) is 0 Å². The Morgan fingerprint density at radius 2 is 1.81 bits per heavy atom. The summed E-state index contributed by atoms with van der Waals surface area (Å²) in [6.45, 7) is 2.55. The topological polar surface area (TPSA) is 41.1 Å². The molecule has 0 aromatic heterocycles. The van der Waals surface area contributed by atoms with Crippen molar-refractivity contribution in [1.82, 2.24) is 5.32 Å². The van der Waals surface area contributed by atoms with Crippen molar-refractivity contribution in [3.63, 3.8) is 0 Å². The average Bonchev–Trinajstić information content (AvgIpc) is 2.20. The van der Waals surface area contributed by atoms with Crippen molar-refractivity contribution in [2.24, 2.45) is 0 Å². The predicted molar refractivity (Wildman–Crippen MR) is 68.8 cm³/mol. The third kappa shape index (κ3) is 3.74. The largest absolute Gasteiger partial charge is 0.338 e. The smallest absolute Gasteiger partial charge is 0.319 e. The first-order valence-corrected chi connectivity index (χ1v) is 5.87. The normalized spacial score (nSPS) is 10.0. The third-order valence-electron chi connectivity index (χ3n) is 1.78. The Balaban J connectivity index is 2.77. The summed E-state index contributed by atoms with van der Waals surface area (Å²) in [6, 6.07) is 2.70. The summed E-state index contributed by atoms with van der Waals surface area (Å²) < 4.78 is 0. The van der Waals surface area contributed by atoms with Crippen molar-refractivity contribution in [3.05, 3.63) is 27.2 Å². The summed E-state index contributed by atoms with van der Waals surface area (Å²) in [5.41, 5.74) is 0.362. The molecule has 0 aliphatic carbocycles. The van der Waals surface area contributed by atoms with E-state index in [1.165, 1.54) is 12.1 Å². The van der Waals surface area contributed by atoms with Gasteiger partial charge in [0.1, 0.15) is 0 Å². The molecule has 0 spiro atoms. The number of anilines is 1. The molecule has 0 bridgehead atoms. The zero-order valence-corrected chi connectivity index (χ0v) is 10.9. The molecule has 88 valence electrons. The third-order valence-corrected chi connectivity index (χ3v) is 2.60. The highest BCUT2D eigenvalue weighted by Crippen LogP contribution is 2.33. The van der Waals surface area contributed by atoms with Gasteiger partial charge in [-0.2, -0.15) is 0 Å². The minimum Gasteiger partial charge on any atom is -0.338 e. The molecule has 0 saturated heterocycles. The van der Waals surface area contributed by atoms with Crippen LogP contribution in [0.3, 0.4) is 0 Å². The first-order valence-electron chi connectivity index (χ1n) is 4.74. The number of hydrogen-bond acceptors (Lipinski definition) is 1. The maximum Gasteiger partial charge on any atom is 0.319 e. The number of urea groups is 1. The van der Waals surface area contributed by atoms with E-state index < -0.39 is 0 Å². The lowest BCUT2D eigenvalue weighted by molar-refractivity contribution is 0.252. The maximum atomic E-state index is 11.4. The summed E-state index contributed by atoms with van der Waals surface area (Å²) in [7, 11) is 0. The van der Waals surface area contributed by atoms with E-state index >= 15 is 0 Å². The van der Waals surface area contributed by atoms with Crippen LogP contribution < -0.4 is 10.6 Å². The molecule has 0 fully saturated rings. The molecule has 6 heteroatoms. The molecule has 0 heterocycles. The summed E-state index contributed by atoms with van der Waals surface area (Å²) in [4.78, 5) is 11.4. The summed E-state index contributed by atoms with van der Waals surface area (Å²) >= 11 is 17.5. The molecule has 0 aliphatic rings. The van der Waals surface area contributed by atoms with E-state index in [4.69, 9.17) is 34.8 Å². The highest BCUT2D eigenvalue weighted by Gasteiger charge is 2.10. The molecule has 3 nitrogen and oxygen atoms in total. The van der Waals surface area contributed by atoms with Gasteiger partial charge in [-0.05, 0) is 18.6 Å². The van der Waals surface area contributed by atoms with Crippen molar-refractivity contribution < 1.29 is 4.79 Å². The van der Waals surface area contributed by atoms with Crippen molar-refractivity contribution in [2.45, 2.75) is 13.3 Å². The standard InChI is InChI=1S/C10H11Cl3N2O/c1-2-3-14-10(16)15-9-7(12)4-6(11)5-8(9)13/h4-5H,2-3H2,1H3,(H2,14,15,16). The van der Waals surface area contributed by atoms with Crippen LogP contribution in [-0.2, 0) is 0 Å². The molecule has 1 rings (SSSR count). The molecule has 0 radical (unpaired) electrons. The number of carbonyl (C=O) groups excluding carboxylic acids is 1. The highest BCUT2D eigenvalue weighted by molar-refractivity contribution is 6.42. The second kappa shape index (κ2) is 6.18. The first-order chi connectivity index (χ1) is 7.54. The fraction of sp³-hybridized carbons (Fsp3) is 0.300. The summed E-state index contributed by atoms with van der Waals surface area (Å²) in [5, 5.41) is 6.26. The van der Waals surface area contributed by atoms with Crippen molar-refractivity contribution in [2.75, 3.05) is 11.9 Å². The Labute approximate surface area is 109 Å². The van der Waals surface area contributed by atoms with Crippen LogP contribution in [0.1, 0.15) is 13.3 Å². The first kappa shape index (κ1) is 13.4. The fourth-order valence-corrected chi connectivity index (χ4v) is 1.97. The molecule has 2 N–H and O–H groups in total. The van der Waals surface area contributed by atoms with Crippen LogP contribution in [0.4, 0.5) is 10.5 Å². The van der Waals surface area contributed by atoms with Gasteiger partial charge >= 0.3 is 6.03 Å². The van der Waals surface area contributed by atoms with Gasteiger partial charge in [0.15, 0.2) is 0 Å². The average molecular weight is 282 g/mol. The number of benzene rings is 1. The van der Waals surface area contributed by atoms with Crippen LogP contribution in [0.15, 0.2) is 12.1 Å². The molecule has 0 saturated carbocycles. The van der Waals surface area contributed by atoms with Gasteiger partial charge in [0.2, 0.25) is 0 Å². The Hall–Kier alpha value is -0.640. The van der Waals surface area contributed by atoms with Gasteiger partial charge in [0, 0.05) is 11.6 Å². The fourth-order valence-electron chi connectivity index (χ4n) is 1.06. The van der Waals surface area contributed by atoms with E-state index in [1.807, 2.05) is 6.92 Å². The van der Waals surface area contributed by atoms with Gasteiger partial charge in [-0.3, -0.25) is 0 Å². The Bertz CT molecular complexity index is 373. The minimum atomic E-state index is -0.340. The van der Waals surface area contributed by atoms with Crippen molar-refractivity contribution in [1.29, 1.82) is 0 Å². The lowest BCUT2D eigenvalue weighted by Gasteiger charge is -2.10. The van der Waals surface area contributed by atoms with Crippen LogP contribution in [0, 0.1) is 0 Å². The highest BCUT2D eigenvalue weighted by atomic mass is 35.5. The van der Waals surface area contributed by atoms with E-state index in [-0.39, 0.29) is 6.03 Å². The molecule has 1 aromatic carbocycles. The van der Waals surface area contributed by atoms with E-state index in [0.717, 1.165) is 6.42 Å². The number of rotatable bonds is 3. The number of amides is 2. The lowest BCUT2D eigenvalue weighted by Crippen LogP contribution is -2.29. The Morgan fingerprint density at radius 3 is 2.31 bits per heavy atom. The van der Waals surface area contributed by atoms with Gasteiger partial charge in [-0.1, -0.05) is 41.7 Å². The maximum absolute atomic E-state index is 11.4. The molecular formula is C10H11Cl3N2O. The molecule has 0 unspecified atom stereocenters. The van der Waals surface area contributed by atoms with Gasteiger partial charge in [0.05, 0.1) is 15.7 Å². The zero-order valence-electron chi connectivity index (χ0n) is 8.61. The van der Waals surface area contributed by atoms with Crippen LogP contribution >= 0.6 is 34.8 Å². The van der Waals surface area contributed by atoms with Gasteiger partial charge < -0.3 is 10.6 Å². The Kier molecular flexibility index (Phi) is 5.19. The van der Waals surface area contributed by atoms with Gasteiger partial charge in [-0.25, -0.2) is 4.79 Å².